The maximum atomic E-state index is 12.4. The third-order valence-corrected chi connectivity index (χ3v) is 4.08. The summed E-state index contributed by atoms with van der Waals surface area (Å²) in [5, 5.41) is 4.72. The number of carbonyl (C=O) groups is 2. The van der Waals surface area contributed by atoms with Gasteiger partial charge in [-0.25, -0.2) is 4.79 Å². The fourth-order valence-electron chi connectivity index (χ4n) is 2.22. The van der Waals surface area contributed by atoms with E-state index in [0.717, 1.165) is 0 Å². The number of hydrogen-bond acceptors (Lipinski definition) is 4. The van der Waals surface area contributed by atoms with Crippen molar-refractivity contribution in [3.05, 3.63) is 16.4 Å². The summed E-state index contributed by atoms with van der Waals surface area (Å²) in [4.78, 5) is 25.6. The SMILES string of the molecule is CC(C)c1nn(C)c(Cl)c1C(C)(C=O)N(C)C(=O)OC(C)(C)C. The summed E-state index contributed by atoms with van der Waals surface area (Å²) in [6.45, 7) is 10.9. The quantitative estimate of drug-likeness (QED) is 0.785. The number of likely N-dealkylation sites (N-methyl/N-ethyl adjacent to an activating group) is 1. The highest BCUT2D eigenvalue weighted by Crippen LogP contribution is 2.37. The van der Waals surface area contributed by atoms with Gasteiger partial charge >= 0.3 is 6.09 Å². The first-order chi connectivity index (χ1) is 10.3. The number of hydrogen-bond donors (Lipinski definition) is 0. The lowest BCUT2D eigenvalue weighted by Gasteiger charge is -2.36. The van der Waals surface area contributed by atoms with E-state index in [2.05, 4.69) is 5.10 Å². The van der Waals surface area contributed by atoms with Gasteiger partial charge in [0.2, 0.25) is 0 Å². The van der Waals surface area contributed by atoms with E-state index in [9.17, 15) is 9.59 Å². The van der Waals surface area contributed by atoms with E-state index in [1.54, 1.807) is 34.7 Å². The van der Waals surface area contributed by atoms with E-state index < -0.39 is 17.2 Å². The Morgan fingerprint density at radius 1 is 1.35 bits per heavy atom. The second-order valence-corrected chi connectivity index (χ2v) is 7.49. The largest absolute Gasteiger partial charge is 0.444 e. The Kier molecular flexibility index (Phi) is 5.52. The molecule has 1 heterocycles. The number of amides is 1. The van der Waals surface area contributed by atoms with Gasteiger partial charge in [0.1, 0.15) is 22.6 Å². The van der Waals surface area contributed by atoms with Crippen LogP contribution in [0.1, 0.15) is 58.7 Å². The Bertz CT molecular complexity index is 604. The average molecular weight is 344 g/mol. The van der Waals surface area contributed by atoms with Crippen molar-refractivity contribution in [2.75, 3.05) is 7.05 Å². The van der Waals surface area contributed by atoms with Crippen molar-refractivity contribution < 1.29 is 14.3 Å². The molecule has 0 aromatic carbocycles. The van der Waals surface area contributed by atoms with Crippen molar-refractivity contribution in [2.45, 2.75) is 58.6 Å². The number of aldehydes is 1. The van der Waals surface area contributed by atoms with Crippen molar-refractivity contribution in [1.29, 1.82) is 0 Å². The Hall–Kier alpha value is -1.56. The van der Waals surface area contributed by atoms with Gasteiger partial charge in [-0.1, -0.05) is 25.4 Å². The van der Waals surface area contributed by atoms with Gasteiger partial charge in [-0.05, 0) is 33.6 Å². The van der Waals surface area contributed by atoms with Crippen LogP contribution in [-0.2, 0) is 22.1 Å². The number of aromatic nitrogens is 2. The van der Waals surface area contributed by atoms with Crippen LogP contribution in [0.5, 0.6) is 0 Å². The highest BCUT2D eigenvalue weighted by molar-refractivity contribution is 6.30. The van der Waals surface area contributed by atoms with Crippen LogP contribution in [0, 0.1) is 0 Å². The second-order valence-electron chi connectivity index (χ2n) is 7.13. The summed E-state index contributed by atoms with van der Waals surface area (Å²) < 4.78 is 6.88. The van der Waals surface area contributed by atoms with Crippen molar-refractivity contribution in [2.24, 2.45) is 7.05 Å². The molecule has 1 unspecified atom stereocenters. The zero-order valence-corrected chi connectivity index (χ0v) is 15.9. The molecule has 0 bridgehead atoms. The van der Waals surface area contributed by atoms with Crippen molar-refractivity contribution in [3.8, 4) is 0 Å². The number of ether oxygens (including phenoxy) is 1. The van der Waals surface area contributed by atoms with Crippen LogP contribution in [0.15, 0.2) is 0 Å². The van der Waals surface area contributed by atoms with Crippen LogP contribution >= 0.6 is 11.6 Å². The molecule has 0 spiro atoms. The summed E-state index contributed by atoms with van der Waals surface area (Å²) in [6, 6.07) is 0. The summed E-state index contributed by atoms with van der Waals surface area (Å²) in [7, 11) is 3.23. The highest BCUT2D eigenvalue weighted by Gasteiger charge is 2.42. The molecule has 130 valence electrons. The first kappa shape index (κ1) is 19.5. The Balaban J connectivity index is 3.41. The van der Waals surface area contributed by atoms with Gasteiger partial charge in [0.15, 0.2) is 0 Å². The standard InChI is InChI=1S/C16H26ClN3O3/c1-10(2)12-11(13(17)20(8)18-12)16(6,9-21)19(7)14(22)23-15(3,4)5/h9-10H,1-8H3. The smallest absolute Gasteiger partial charge is 0.411 e. The van der Waals surface area contributed by atoms with Crippen LogP contribution in [0.3, 0.4) is 0 Å². The summed E-state index contributed by atoms with van der Waals surface area (Å²) in [6.07, 6.45) is 0.104. The second kappa shape index (κ2) is 6.51. The number of nitrogens with zero attached hydrogens (tertiary/aromatic N) is 3. The van der Waals surface area contributed by atoms with Crippen molar-refractivity contribution >= 4 is 24.0 Å². The first-order valence-electron chi connectivity index (χ1n) is 7.51. The predicted molar refractivity (Wildman–Crippen MR) is 89.7 cm³/mol. The van der Waals surface area contributed by atoms with Gasteiger partial charge in [0.25, 0.3) is 0 Å². The molecule has 1 aromatic rings. The lowest BCUT2D eigenvalue weighted by atomic mass is 9.89. The van der Waals surface area contributed by atoms with Crippen LogP contribution in [-0.4, -0.2) is 39.7 Å². The molecular formula is C16H26ClN3O3. The summed E-state index contributed by atoms with van der Waals surface area (Å²) in [5.41, 5.74) is -0.718. The topological polar surface area (TPSA) is 64.4 Å². The highest BCUT2D eigenvalue weighted by atomic mass is 35.5. The summed E-state index contributed by atoms with van der Waals surface area (Å²) in [5.74, 6) is 0.0509. The first-order valence-corrected chi connectivity index (χ1v) is 7.89. The molecule has 7 heteroatoms. The normalized spacial score (nSPS) is 14.5. The van der Waals surface area contributed by atoms with Crippen LogP contribution in [0.4, 0.5) is 4.79 Å². The molecule has 6 nitrogen and oxygen atoms in total. The molecule has 0 radical (unpaired) electrons. The third-order valence-electron chi connectivity index (χ3n) is 3.65. The molecule has 1 atom stereocenters. The monoisotopic (exact) mass is 343 g/mol. The molecule has 1 amide bonds. The van der Waals surface area contributed by atoms with E-state index in [1.165, 1.54) is 16.6 Å². The maximum absolute atomic E-state index is 12.4. The molecule has 1 rings (SSSR count). The molecule has 23 heavy (non-hydrogen) atoms. The molecular weight excluding hydrogens is 318 g/mol. The number of carbonyl (C=O) groups excluding carboxylic acids is 2. The number of halogens is 1. The zero-order valence-electron chi connectivity index (χ0n) is 15.1. The van der Waals surface area contributed by atoms with E-state index in [0.29, 0.717) is 22.7 Å². The van der Waals surface area contributed by atoms with E-state index >= 15 is 0 Å². The fraction of sp³-hybridized carbons (Fsp3) is 0.688. The minimum atomic E-state index is -1.27. The van der Waals surface area contributed by atoms with E-state index in [1.807, 2.05) is 13.8 Å². The lowest BCUT2D eigenvalue weighted by molar-refractivity contribution is -0.117. The average Bonchev–Trinajstić information content (AvgIpc) is 2.72. The van der Waals surface area contributed by atoms with Crippen molar-refractivity contribution in [3.63, 3.8) is 0 Å². The zero-order chi connectivity index (χ0) is 18.2. The molecule has 0 fully saturated rings. The molecule has 0 aliphatic carbocycles. The molecule has 0 saturated heterocycles. The number of aryl methyl sites for hydroxylation is 1. The summed E-state index contributed by atoms with van der Waals surface area (Å²) >= 11 is 6.37. The van der Waals surface area contributed by atoms with Gasteiger partial charge in [-0.2, -0.15) is 5.10 Å². The number of rotatable bonds is 4. The molecule has 0 aliphatic rings. The minimum Gasteiger partial charge on any atom is -0.444 e. The predicted octanol–water partition coefficient (Wildman–Crippen LogP) is 3.48. The van der Waals surface area contributed by atoms with Gasteiger partial charge in [-0.3, -0.25) is 9.58 Å². The third kappa shape index (κ3) is 3.86. The van der Waals surface area contributed by atoms with Gasteiger partial charge < -0.3 is 9.53 Å². The van der Waals surface area contributed by atoms with Crippen LogP contribution in [0.25, 0.3) is 0 Å². The molecule has 0 aliphatic heterocycles. The lowest BCUT2D eigenvalue weighted by Crippen LogP contribution is -2.48. The fourth-order valence-corrected chi connectivity index (χ4v) is 2.55. The minimum absolute atomic E-state index is 0.0509. The van der Waals surface area contributed by atoms with Crippen LogP contribution < -0.4 is 0 Å². The van der Waals surface area contributed by atoms with Crippen molar-refractivity contribution in [1.82, 2.24) is 14.7 Å². The van der Waals surface area contributed by atoms with E-state index in [-0.39, 0.29) is 5.92 Å². The molecule has 0 N–H and O–H groups in total. The Morgan fingerprint density at radius 3 is 2.26 bits per heavy atom. The Morgan fingerprint density at radius 2 is 1.87 bits per heavy atom. The van der Waals surface area contributed by atoms with Gasteiger partial charge in [-0.15, -0.1) is 0 Å². The van der Waals surface area contributed by atoms with Gasteiger partial charge in [0.05, 0.1) is 5.69 Å². The Labute approximate surface area is 142 Å². The maximum Gasteiger partial charge on any atom is 0.411 e. The van der Waals surface area contributed by atoms with Gasteiger partial charge in [0, 0.05) is 19.7 Å². The molecule has 1 aromatic heterocycles. The van der Waals surface area contributed by atoms with E-state index in [4.69, 9.17) is 16.3 Å². The van der Waals surface area contributed by atoms with Crippen LogP contribution in [0.2, 0.25) is 5.15 Å². The molecule has 0 saturated carbocycles.